The van der Waals surface area contributed by atoms with Crippen LogP contribution in [0.25, 0.3) is 0 Å². The summed E-state index contributed by atoms with van der Waals surface area (Å²) in [5.41, 5.74) is 0.762. The van der Waals surface area contributed by atoms with Gasteiger partial charge in [-0.1, -0.05) is 19.8 Å². The highest BCUT2D eigenvalue weighted by atomic mass is 32.2. The van der Waals surface area contributed by atoms with Gasteiger partial charge in [-0.05, 0) is 43.1 Å². The molecule has 0 aromatic heterocycles. The Labute approximate surface area is 75.1 Å². The second-order valence-electron chi connectivity index (χ2n) is 4.11. The summed E-state index contributed by atoms with van der Waals surface area (Å²) >= 11 is 1.98. The zero-order chi connectivity index (χ0) is 8.16. The fourth-order valence-electron chi connectivity index (χ4n) is 1.83. The number of hydrogen-bond donors (Lipinski definition) is 0. The van der Waals surface area contributed by atoms with E-state index in [9.17, 15) is 0 Å². The molecule has 1 aliphatic rings. The molecule has 0 radical (unpaired) electrons. The van der Waals surface area contributed by atoms with Crippen LogP contribution in [0.4, 0.5) is 0 Å². The van der Waals surface area contributed by atoms with E-state index < -0.39 is 0 Å². The zero-order valence-electron chi connectivity index (χ0n) is 7.86. The van der Waals surface area contributed by atoms with Crippen LogP contribution in [-0.4, -0.2) is 12.0 Å². The summed E-state index contributed by atoms with van der Waals surface area (Å²) in [6.45, 7) is 2.45. The maximum absolute atomic E-state index is 2.45. The highest BCUT2D eigenvalue weighted by Crippen LogP contribution is 2.44. The number of unbranched alkanes of at least 4 members (excludes halogenated alkanes) is 1. The second-order valence-corrected chi connectivity index (χ2v) is 5.10. The molecule has 66 valence electrons. The van der Waals surface area contributed by atoms with Crippen molar-refractivity contribution < 1.29 is 0 Å². The van der Waals surface area contributed by atoms with E-state index in [0.29, 0.717) is 0 Å². The largest absolute Gasteiger partial charge is 0.165 e. The molecule has 1 saturated carbocycles. The van der Waals surface area contributed by atoms with Gasteiger partial charge in [0.25, 0.3) is 0 Å². The van der Waals surface area contributed by atoms with Crippen LogP contribution in [0.3, 0.4) is 0 Å². The Kier molecular flexibility index (Phi) is 3.77. The van der Waals surface area contributed by atoms with Crippen LogP contribution in [0.2, 0.25) is 0 Å². The first-order chi connectivity index (χ1) is 5.27. The van der Waals surface area contributed by atoms with E-state index in [4.69, 9.17) is 0 Å². The first-order valence-corrected chi connectivity index (χ1v) is 6.15. The number of thioether (sulfide) groups is 1. The van der Waals surface area contributed by atoms with Crippen LogP contribution >= 0.6 is 11.8 Å². The summed E-state index contributed by atoms with van der Waals surface area (Å²) in [6, 6.07) is 0. The molecule has 1 rings (SSSR count). The first kappa shape index (κ1) is 9.44. The summed E-state index contributed by atoms with van der Waals surface area (Å²) in [5.74, 6) is 1.36. The van der Waals surface area contributed by atoms with Crippen molar-refractivity contribution in [3.63, 3.8) is 0 Å². The Bertz CT molecular complexity index is 105. The Morgan fingerprint density at radius 3 is 2.45 bits per heavy atom. The summed E-state index contributed by atoms with van der Waals surface area (Å²) in [4.78, 5) is 0. The second kappa shape index (κ2) is 4.39. The maximum atomic E-state index is 2.45. The van der Waals surface area contributed by atoms with Crippen LogP contribution in [0, 0.1) is 5.41 Å². The average Bonchev–Trinajstić information content (AvgIpc) is 1.95. The normalized spacial score (nSPS) is 21.3. The molecule has 0 N–H and O–H groups in total. The van der Waals surface area contributed by atoms with Crippen molar-refractivity contribution >= 4 is 11.8 Å². The summed E-state index contributed by atoms with van der Waals surface area (Å²) in [6.07, 6.45) is 11.0. The van der Waals surface area contributed by atoms with Crippen molar-refractivity contribution in [3.05, 3.63) is 0 Å². The first-order valence-electron chi connectivity index (χ1n) is 4.76. The van der Waals surface area contributed by atoms with Crippen LogP contribution in [-0.2, 0) is 0 Å². The predicted octanol–water partition coefficient (Wildman–Crippen LogP) is 3.71. The molecule has 0 amide bonds. The Morgan fingerprint density at radius 2 is 2.00 bits per heavy atom. The summed E-state index contributed by atoms with van der Waals surface area (Å²) < 4.78 is 0. The highest BCUT2D eigenvalue weighted by molar-refractivity contribution is 7.98. The van der Waals surface area contributed by atoms with Gasteiger partial charge in [0.2, 0.25) is 0 Å². The molecule has 11 heavy (non-hydrogen) atoms. The van der Waals surface area contributed by atoms with E-state index in [-0.39, 0.29) is 0 Å². The maximum Gasteiger partial charge on any atom is -0.00703 e. The van der Waals surface area contributed by atoms with E-state index in [1.807, 2.05) is 11.8 Å². The molecule has 1 aliphatic carbocycles. The fraction of sp³-hybridized carbons (Fsp3) is 1.00. The lowest BCUT2D eigenvalue weighted by molar-refractivity contribution is 0.142. The van der Waals surface area contributed by atoms with Crippen molar-refractivity contribution in [2.45, 2.75) is 45.4 Å². The Balaban J connectivity index is 1.94. The summed E-state index contributed by atoms with van der Waals surface area (Å²) in [5, 5.41) is 0. The van der Waals surface area contributed by atoms with Crippen LogP contribution in [0.1, 0.15) is 45.4 Å². The lowest BCUT2D eigenvalue weighted by atomic mass is 9.67. The standard InChI is InChI=1S/C10H20S/c1-10(7-5-8-10)6-3-4-9-11-2/h3-9H2,1-2H3. The molecule has 0 unspecified atom stereocenters. The van der Waals surface area contributed by atoms with Crippen molar-refractivity contribution in [3.8, 4) is 0 Å². The van der Waals surface area contributed by atoms with E-state index >= 15 is 0 Å². The highest BCUT2D eigenvalue weighted by Gasteiger charge is 2.30. The monoisotopic (exact) mass is 172 g/mol. The lowest BCUT2D eigenvalue weighted by Crippen LogP contribution is -2.25. The Morgan fingerprint density at radius 1 is 1.27 bits per heavy atom. The quantitative estimate of drug-likeness (QED) is 0.570. The van der Waals surface area contributed by atoms with E-state index in [1.54, 1.807) is 0 Å². The minimum Gasteiger partial charge on any atom is -0.165 e. The molecule has 0 atom stereocenters. The third kappa shape index (κ3) is 3.06. The molecule has 0 nitrogen and oxygen atoms in total. The van der Waals surface area contributed by atoms with Crippen molar-refractivity contribution in [2.24, 2.45) is 5.41 Å². The molecule has 0 spiro atoms. The predicted molar refractivity (Wildman–Crippen MR) is 54.2 cm³/mol. The van der Waals surface area contributed by atoms with Crippen molar-refractivity contribution in [1.29, 1.82) is 0 Å². The van der Waals surface area contributed by atoms with Gasteiger partial charge in [0.05, 0.1) is 0 Å². The molecule has 0 aromatic rings. The molecular weight excluding hydrogens is 152 g/mol. The van der Waals surface area contributed by atoms with Gasteiger partial charge in [0, 0.05) is 0 Å². The number of rotatable bonds is 5. The number of hydrogen-bond acceptors (Lipinski definition) is 1. The fourth-order valence-corrected chi connectivity index (χ4v) is 2.32. The topological polar surface area (TPSA) is 0 Å². The van der Waals surface area contributed by atoms with Crippen molar-refractivity contribution in [2.75, 3.05) is 12.0 Å². The van der Waals surface area contributed by atoms with Gasteiger partial charge in [-0.15, -0.1) is 0 Å². The smallest absolute Gasteiger partial charge is 0.00703 e. The third-order valence-electron chi connectivity index (χ3n) is 2.94. The molecule has 0 saturated heterocycles. The van der Waals surface area contributed by atoms with Crippen LogP contribution in [0.5, 0.6) is 0 Å². The summed E-state index contributed by atoms with van der Waals surface area (Å²) in [7, 11) is 0. The minimum absolute atomic E-state index is 0.762. The van der Waals surface area contributed by atoms with Gasteiger partial charge in [-0.2, -0.15) is 11.8 Å². The third-order valence-corrected chi connectivity index (χ3v) is 3.64. The molecular formula is C10H20S. The zero-order valence-corrected chi connectivity index (χ0v) is 8.67. The molecule has 1 heteroatoms. The van der Waals surface area contributed by atoms with E-state index in [2.05, 4.69) is 13.2 Å². The van der Waals surface area contributed by atoms with Gasteiger partial charge in [0.1, 0.15) is 0 Å². The van der Waals surface area contributed by atoms with Gasteiger partial charge in [0.15, 0.2) is 0 Å². The molecule has 1 fully saturated rings. The van der Waals surface area contributed by atoms with Crippen LogP contribution in [0.15, 0.2) is 0 Å². The lowest BCUT2D eigenvalue weighted by Gasteiger charge is -2.38. The minimum atomic E-state index is 0.762. The van der Waals surface area contributed by atoms with E-state index in [0.717, 1.165) is 5.41 Å². The van der Waals surface area contributed by atoms with Gasteiger partial charge in [-0.3, -0.25) is 0 Å². The van der Waals surface area contributed by atoms with Crippen molar-refractivity contribution in [1.82, 2.24) is 0 Å². The Hall–Kier alpha value is 0.350. The molecule has 0 aliphatic heterocycles. The molecule has 0 bridgehead atoms. The molecule has 0 heterocycles. The van der Waals surface area contributed by atoms with Crippen LogP contribution < -0.4 is 0 Å². The SMILES string of the molecule is CSCCCCC1(C)CCC1. The van der Waals surface area contributed by atoms with Gasteiger partial charge in [-0.25, -0.2) is 0 Å². The molecule has 0 aromatic carbocycles. The van der Waals surface area contributed by atoms with Gasteiger partial charge < -0.3 is 0 Å². The average molecular weight is 172 g/mol. The van der Waals surface area contributed by atoms with E-state index in [1.165, 1.54) is 44.3 Å². The van der Waals surface area contributed by atoms with Gasteiger partial charge >= 0.3 is 0 Å².